The highest BCUT2D eigenvalue weighted by Gasteiger charge is 2.11. The lowest BCUT2D eigenvalue weighted by atomic mass is 10.3. The predicted molar refractivity (Wildman–Crippen MR) is 83.9 cm³/mol. The van der Waals surface area contributed by atoms with Gasteiger partial charge in [0.25, 0.3) is 5.91 Å². The van der Waals surface area contributed by atoms with E-state index in [1.807, 2.05) is 36.4 Å². The number of amides is 1. The van der Waals surface area contributed by atoms with Crippen LogP contribution in [0.4, 0.5) is 5.69 Å². The Morgan fingerprint density at radius 1 is 1.20 bits per heavy atom. The van der Waals surface area contributed by atoms with Crippen LogP contribution in [0.3, 0.4) is 0 Å². The zero-order valence-electron chi connectivity index (χ0n) is 11.8. The Balaban J connectivity index is 2.10. The van der Waals surface area contributed by atoms with Crippen LogP contribution in [0, 0.1) is 0 Å². The molecule has 2 aromatic rings. The van der Waals surface area contributed by atoms with Crippen LogP contribution in [0.15, 0.2) is 36.4 Å². The Morgan fingerprint density at radius 2 is 2.00 bits per heavy atom. The van der Waals surface area contributed by atoms with Gasteiger partial charge in [0, 0.05) is 4.88 Å². The summed E-state index contributed by atoms with van der Waals surface area (Å²) in [5.41, 5.74) is 0.720. The third-order valence-corrected chi connectivity index (χ3v) is 4.06. The van der Waals surface area contributed by atoms with Crippen molar-refractivity contribution in [2.45, 2.75) is 26.7 Å². The molecule has 0 atom stereocenters. The minimum Gasteiger partial charge on any atom is -0.491 e. The van der Waals surface area contributed by atoms with E-state index in [2.05, 4.69) is 19.2 Å². The van der Waals surface area contributed by atoms with E-state index >= 15 is 0 Å². The third kappa shape index (κ3) is 3.61. The lowest BCUT2D eigenvalue weighted by Gasteiger charge is -2.11. The van der Waals surface area contributed by atoms with E-state index in [1.165, 1.54) is 16.2 Å². The number of benzene rings is 1. The molecule has 0 saturated heterocycles. The van der Waals surface area contributed by atoms with E-state index in [9.17, 15) is 4.79 Å². The summed E-state index contributed by atoms with van der Waals surface area (Å²) in [6.07, 6.45) is 1.89. The van der Waals surface area contributed by atoms with Gasteiger partial charge in [0.05, 0.1) is 17.2 Å². The highest BCUT2D eigenvalue weighted by atomic mass is 32.1. The van der Waals surface area contributed by atoms with Gasteiger partial charge in [0.15, 0.2) is 0 Å². The molecule has 0 aliphatic heterocycles. The second-order valence-electron chi connectivity index (χ2n) is 4.42. The van der Waals surface area contributed by atoms with Crippen molar-refractivity contribution in [3.8, 4) is 5.75 Å². The van der Waals surface area contributed by atoms with Gasteiger partial charge in [-0.1, -0.05) is 26.0 Å². The topological polar surface area (TPSA) is 38.3 Å². The molecule has 1 amide bonds. The van der Waals surface area contributed by atoms with Crippen LogP contribution in [0.1, 0.15) is 34.8 Å². The maximum Gasteiger partial charge on any atom is 0.265 e. The van der Waals surface area contributed by atoms with Crippen molar-refractivity contribution < 1.29 is 9.53 Å². The molecule has 0 spiro atoms. The number of para-hydroxylation sites is 2. The molecule has 0 saturated carbocycles. The van der Waals surface area contributed by atoms with Gasteiger partial charge < -0.3 is 10.1 Å². The molecule has 0 aliphatic rings. The molecule has 1 aromatic heterocycles. The fraction of sp³-hybridized carbons (Fsp3) is 0.312. The number of hydrogen-bond donors (Lipinski definition) is 1. The number of thiophene rings is 1. The molecule has 1 N–H and O–H groups in total. The van der Waals surface area contributed by atoms with Crippen molar-refractivity contribution >= 4 is 22.9 Å². The van der Waals surface area contributed by atoms with Gasteiger partial charge in [0.2, 0.25) is 0 Å². The van der Waals surface area contributed by atoms with E-state index in [0.717, 1.165) is 29.2 Å². The van der Waals surface area contributed by atoms with E-state index < -0.39 is 0 Å². The van der Waals surface area contributed by atoms with Crippen LogP contribution in [-0.2, 0) is 6.42 Å². The minimum absolute atomic E-state index is 0.0813. The third-order valence-electron chi connectivity index (χ3n) is 2.83. The average Bonchev–Trinajstić information content (AvgIpc) is 2.95. The van der Waals surface area contributed by atoms with E-state index in [4.69, 9.17) is 4.74 Å². The highest BCUT2D eigenvalue weighted by Crippen LogP contribution is 2.25. The molecule has 1 aromatic carbocycles. The smallest absolute Gasteiger partial charge is 0.265 e. The van der Waals surface area contributed by atoms with Crippen molar-refractivity contribution in [2.24, 2.45) is 0 Å². The first-order valence-corrected chi connectivity index (χ1v) is 7.68. The first-order valence-electron chi connectivity index (χ1n) is 6.86. The molecule has 2 rings (SSSR count). The van der Waals surface area contributed by atoms with E-state index in [1.54, 1.807) is 0 Å². The number of carbonyl (C=O) groups excluding carboxylic acids is 1. The Morgan fingerprint density at radius 3 is 2.70 bits per heavy atom. The van der Waals surface area contributed by atoms with Crippen molar-refractivity contribution in [3.63, 3.8) is 0 Å². The van der Waals surface area contributed by atoms with Crippen molar-refractivity contribution in [2.75, 3.05) is 11.9 Å². The fourth-order valence-corrected chi connectivity index (χ4v) is 2.62. The number of anilines is 1. The van der Waals surface area contributed by atoms with Gasteiger partial charge in [-0.3, -0.25) is 4.79 Å². The Bertz CT molecular complexity index is 577. The number of carbonyl (C=O) groups is 1. The molecule has 0 aliphatic carbocycles. The molecule has 0 unspecified atom stereocenters. The van der Waals surface area contributed by atoms with Crippen LogP contribution >= 0.6 is 11.3 Å². The summed E-state index contributed by atoms with van der Waals surface area (Å²) in [6.45, 7) is 4.78. The van der Waals surface area contributed by atoms with Gasteiger partial charge >= 0.3 is 0 Å². The standard InChI is InChI=1S/C16H19NO2S/c1-3-11-19-14-8-6-5-7-13(14)17-16(18)15-10-9-12(4-2)20-15/h5-10H,3-4,11H2,1-2H3,(H,17,18). The molecule has 1 heterocycles. The second-order valence-corrected chi connectivity index (χ2v) is 5.59. The van der Waals surface area contributed by atoms with Gasteiger partial charge in [-0.25, -0.2) is 0 Å². The zero-order chi connectivity index (χ0) is 14.4. The maximum atomic E-state index is 12.2. The molecule has 0 radical (unpaired) electrons. The molecule has 0 fully saturated rings. The quantitative estimate of drug-likeness (QED) is 0.858. The summed E-state index contributed by atoms with van der Waals surface area (Å²) >= 11 is 1.53. The summed E-state index contributed by atoms with van der Waals surface area (Å²) in [5, 5.41) is 2.92. The monoisotopic (exact) mass is 289 g/mol. The molecular weight excluding hydrogens is 270 g/mol. The second kappa shape index (κ2) is 7.10. The number of ether oxygens (including phenoxy) is 1. The SMILES string of the molecule is CCCOc1ccccc1NC(=O)c1ccc(CC)s1. The van der Waals surface area contributed by atoms with Crippen LogP contribution in [0.25, 0.3) is 0 Å². The van der Waals surface area contributed by atoms with Gasteiger partial charge in [-0.2, -0.15) is 0 Å². The maximum absolute atomic E-state index is 12.2. The van der Waals surface area contributed by atoms with Crippen LogP contribution in [0.2, 0.25) is 0 Å². The van der Waals surface area contributed by atoms with Crippen molar-refractivity contribution in [3.05, 3.63) is 46.2 Å². The van der Waals surface area contributed by atoms with Crippen LogP contribution in [-0.4, -0.2) is 12.5 Å². The van der Waals surface area contributed by atoms with E-state index in [-0.39, 0.29) is 5.91 Å². The van der Waals surface area contributed by atoms with Gasteiger partial charge in [0.1, 0.15) is 5.75 Å². The molecule has 106 valence electrons. The van der Waals surface area contributed by atoms with Crippen molar-refractivity contribution in [1.82, 2.24) is 0 Å². The highest BCUT2D eigenvalue weighted by molar-refractivity contribution is 7.14. The van der Waals surface area contributed by atoms with Crippen LogP contribution in [0.5, 0.6) is 5.75 Å². The number of nitrogens with one attached hydrogen (secondary N) is 1. The van der Waals surface area contributed by atoms with Gasteiger partial charge in [-0.05, 0) is 37.1 Å². The zero-order valence-corrected chi connectivity index (χ0v) is 12.6. The summed E-state index contributed by atoms with van der Waals surface area (Å²) in [6, 6.07) is 11.4. The summed E-state index contributed by atoms with van der Waals surface area (Å²) in [7, 11) is 0. The molecule has 4 heteroatoms. The summed E-state index contributed by atoms with van der Waals surface area (Å²) in [4.78, 5) is 14.2. The normalized spacial score (nSPS) is 10.3. The molecule has 0 bridgehead atoms. The fourth-order valence-electron chi connectivity index (χ4n) is 1.78. The Labute approximate surface area is 123 Å². The number of hydrogen-bond acceptors (Lipinski definition) is 3. The minimum atomic E-state index is -0.0813. The predicted octanol–water partition coefficient (Wildman–Crippen LogP) is 4.35. The molecular formula is C16H19NO2S. The largest absolute Gasteiger partial charge is 0.491 e. The Hall–Kier alpha value is -1.81. The lowest BCUT2D eigenvalue weighted by Crippen LogP contribution is -2.11. The average molecular weight is 289 g/mol. The molecule has 3 nitrogen and oxygen atoms in total. The number of aryl methyl sites for hydroxylation is 1. The summed E-state index contributed by atoms with van der Waals surface area (Å²) in [5.74, 6) is 0.636. The Kier molecular flexibility index (Phi) is 5.18. The van der Waals surface area contributed by atoms with Crippen LogP contribution < -0.4 is 10.1 Å². The lowest BCUT2D eigenvalue weighted by molar-refractivity contribution is 0.103. The first kappa shape index (κ1) is 14.6. The molecule has 20 heavy (non-hydrogen) atoms. The van der Waals surface area contributed by atoms with Crippen molar-refractivity contribution in [1.29, 1.82) is 0 Å². The number of rotatable bonds is 6. The van der Waals surface area contributed by atoms with Gasteiger partial charge in [-0.15, -0.1) is 11.3 Å². The van der Waals surface area contributed by atoms with E-state index in [0.29, 0.717) is 6.61 Å². The first-order chi connectivity index (χ1) is 9.74. The summed E-state index contributed by atoms with van der Waals surface area (Å²) < 4.78 is 5.64.